The zero-order chi connectivity index (χ0) is 50.4. The molecule has 0 bridgehead atoms. The van der Waals surface area contributed by atoms with Crippen molar-refractivity contribution in [3.8, 4) is 39.1 Å². The number of hydrogen-bond acceptors (Lipinski definition) is 2. The van der Waals surface area contributed by atoms with Crippen molar-refractivity contribution in [2.24, 2.45) is 0 Å². The maximum absolute atomic E-state index is 6.40. The average Bonchev–Trinajstić information content (AvgIpc) is 4.38. The predicted molar refractivity (Wildman–Crippen MR) is 316 cm³/mol. The Kier molecular flexibility index (Phi) is 8.69. The van der Waals surface area contributed by atoms with Gasteiger partial charge in [-0.15, -0.1) is 0 Å². The second kappa shape index (κ2) is 15.8. The number of furan rings is 1. The van der Waals surface area contributed by atoms with Crippen molar-refractivity contribution in [2.75, 3.05) is 4.90 Å². The molecule has 2 aliphatic carbocycles. The lowest BCUT2D eigenvalue weighted by atomic mass is 9.65. The van der Waals surface area contributed by atoms with Gasteiger partial charge in [-0.3, -0.25) is 0 Å². The van der Waals surface area contributed by atoms with E-state index in [-0.39, 0.29) is 0 Å². The molecule has 2 aromatic heterocycles. The van der Waals surface area contributed by atoms with Crippen LogP contribution in [0.2, 0.25) is 0 Å². The van der Waals surface area contributed by atoms with E-state index in [2.05, 4.69) is 276 Å². The molecule has 12 aromatic carbocycles. The molecule has 1 spiro atoms. The Balaban J connectivity index is 0.901. The van der Waals surface area contributed by atoms with E-state index in [1.54, 1.807) is 0 Å². The van der Waals surface area contributed by atoms with Crippen LogP contribution in [0.1, 0.15) is 44.5 Å². The van der Waals surface area contributed by atoms with Crippen molar-refractivity contribution in [1.29, 1.82) is 0 Å². The number of hydrogen-bond donors (Lipinski definition) is 0. The normalized spacial score (nSPS) is 15.2. The zero-order valence-corrected chi connectivity index (χ0v) is 41.9. The monoisotopic (exact) mass is 978 g/mol. The van der Waals surface area contributed by atoms with Crippen LogP contribution in [0.4, 0.5) is 17.1 Å². The third-order valence-corrected chi connectivity index (χ3v) is 17.5. The number of para-hydroxylation sites is 4. The van der Waals surface area contributed by atoms with E-state index in [9.17, 15) is 0 Å². The van der Waals surface area contributed by atoms with Gasteiger partial charge in [0.2, 0.25) is 0 Å². The van der Waals surface area contributed by atoms with Crippen LogP contribution >= 0.6 is 0 Å². The molecule has 0 N–H and O–H groups in total. The van der Waals surface area contributed by atoms with Crippen molar-refractivity contribution >= 4 is 60.8 Å². The first kappa shape index (κ1) is 42.4. The lowest BCUT2D eigenvalue weighted by Crippen LogP contribution is -2.33. The molecule has 0 saturated heterocycles. The Morgan fingerprint density at radius 2 is 0.857 bits per heavy atom. The van der Waals surface area contributed by atoms with Crippen LogP contribution in [-0.4, -0.2) is 4.57 Å². The minimum atomic E-state index is -0.595. The number of nitrogens with zero attached hydrogens (tertiary/aromatic N) is 2. The highest BCUT2D eigenvalue weighted by Crippen LogP contribution is 2.64. The number of benzene rings is 12. The van der Waals surface area contributed by atoms with Gasteiger partial charge in [0, 0.05) is 38.5 Å². The molecular weight excluding hydrogens is 933 g/mol. The van der Waals surface area contributed by atoms with Crippen LogP contribution in [0.5, 0.6) is 0 Å². The third kappa shape index (κ3) is 5.54. The summed E-state index contributed by atoms with van der Waals surface area (Å²) in [5, 5.41) is 4.81. The van der Waals surface area contributed by atoms with Gasteiger partial charge in [0.25, 0.3) is 0 Å². The van der Waals surface area contributed by atoms with Gasteiger partial charge in [0.15, 0.2) is 0 Å². The van der Waals surface area contributed by atoms with E-state index in [4.69, 9.17) is 4.42 Å². The highest BCUT2D eigenvalue weighted by molar-refractivity contribution is 6.13. The summed E-state index contributed by atoms with van der Waals surface area (Å²) in [5.41, 5.74) is 25.2. The molecule has 1 aliphatic heterocycles. The molecule has 0 amide bonds. The van der Waals surface area contributed by atoms with Crippen LogP contribution in [-0.2, 0) is 10.8 Å². The lowest BCUT2D eigenvalue weighted by Gasteiger charge is -2.39. The van der Waals surface area contributed by atoms with E-state index in [0.717, 1.165) is 50.1 Å². The van der Waals surface area contributed by atoms with Crippen LogP contribution < -0.4 is 4.90 Å². The lowest BCUT2D eigenvalue weighted by molar-refractivity contribution is 0.669. The topological polar surface area (TPSA) is 21.3 Å². The Labute approximate surface area is 445 Å². The van der Waals surface area contributed by atoms with E-state index >= 15 is 0 Å². The number of fused-ring (bicyclic) bond motifs is 18. The first-order valence-electron chi connectivity index (χ1n) is 26.7. The molecule has 1 unspecified atom stereocenters. The van der Waals surface area contributed by atoms with Crippen molar-refractivity contribution in [2.45, 2.75) is 10.8 Å². The van der Waals surface area contributed by atoms with Gasteiger partial charge in [-0.2, -0.15) is 0 Å². The van der Waals surface area contributed by atoms with Crippen molar-refractivity contribution in [3.05, 3.63) is 324 Å². The molecule has 0 saturated carbocycles. The van der Waals surface area contributed by atoms with E-state index in [0.29, 0.717) is 0 Å². The summed E-state index contributed by atoms with van der Waals surface area (Å²) in [7, 11) is 0. The summed E-state index contributed by atoms with van der Waals surface area (Å²) in [4.78, 5) is 2.50. The quantitative estimate of drug-likeness (QED) is 0.166. The molecule has 1 atom stereocenters. The second-order valence-electron chi connectivity index (χ2n) is 21.0. The van der Waals surface area contributed by atoms with Gasteiger partial charge in [-0.1, -0.05) is 218 Å². The molecule has 17 rings (SSSR count). The zero-order valence-electron chi connectivity index (χ0n) is 41.9. The molecule has 3 heterocycles. The van der Waals surface area contributed by atoms with Gasteiger partial charge >= 0.3 is 0 Å². The Morgan fingerprint density at radius 1 is 0.325 bits per heavy atom. The molecule has 14 aromatic rings. The van der Waals surface area contributed by atoms with E-state index in [1.807, 2.05) is 12.1 Å². The first-order valence-corrected chi connectivity index (χ1v) is 26.7. The smallest absolute Gasteiger partial charge is 0.136 e. The number of rotatable bonds is 6. The average molecular weight is 979 g/mol. The standard InChI is InChI=1S/C74H46N2O/c1-2-18-49(19-3-1)73(60-26-9-4-20-53(60)54-21-5-10-27-61(54)73)50-39-43-52(44-40-50)75(51-41-36-47(37-42-51)48-38-45-57-56-23-8-15-35-69(56)77-70(57)46-48)68-34-17-30-64-71(68)59-24-6-11-28-62(59)74(64)63-29-12-14-33-67(63)76-66-32-13-7-22-55(66)58-25-16-31-65(74)72(58)76/h1-46H. The third-order valence-electron chi connectivity index (χ3n) is 17.5. The summed E-state index contributed by atoms with van der Waals surface area (Å²) < 4.78 is 8.92. The van der Waals surface area contributed by atoms with Crippen molar-refractivity contribution in [3.63, 3.8) is 0 Å². The summed E-state index contributed by atoms with van der Waals surface area (Å²) in [6.45, 7) is 0. The Hall–Kier alpha value is -9.96. The minimum Gasteiger partial charge on any atom is -0.456 e. The van der Waals surface area contributed by atoms with Crippen LogP contribution in [0.3, 0.4) is 0 Å². The highest BCUT2D eigenvalue weighted by Gasteiger charge is 2.52. The SMILES string of the molecule is c1ccc(C2(c3ccc(N(c4ccc(-c5ccc6c(c5)oc5ccccc56)cc4)c4cccc5c4-c4ccccc4C54c5ccccc5-n5c6ccccc6c6cccc4c65)cc3)c3ccccc3-c3ccccc32)cc1. The molecule has 358 valence electrons. The van der Waals surface area contributed by atoms with Crippen molar-refractivity contribution < 1.29 is 4.42 Å². The summed E-state index contributed by atoms with van der Waals surface area (Å²) in [5.74, 6) is 0. The minimum absolute atomic E-state index is 0.516. The molecule has 3 heteroatoms. The molecule has 0 radical (unpaired) electrons. The summed E-state index contributed by atoms with van der Waals surface area (Å²) >= 11 is 0. The molecule has 3 aliphatic rings. The molecular formula is C74H46N2O. The van der Waals surface area contributed by atoms with Gasteiger partial charge in [-0.25, -0.2) is 0 Å². The molecule has 0 fully saturated rings. The van der Waals surface area contributed by atoms with Gasteiger partial charge < -0.3 is 13.9 Å². The van der Waals surface area contributed by atoms with E-state index < -0.39 is 10.8 Å². The highest BCUT2D eigenvalue weighted by atomic mass is 16.3. The second-order valence-corrected chi connectivity index (χ2v) is 21.0. The maximum atomic E-state index is 6.40. The van der Waals surface area contributed by atoms with Gasteiger partial charge in [0.1, 0.15) is 11.2 Å². The van der Waals surface area contributed by atoms with Crippen LogP contribution in [0.25, 0.3) is 82.8 Å². The molecule has 77 heavy (non-hydrogen) atoms. The van der Waals surface area contributed by atoms with E-state index in [1.165, 1.54) is 94.3 Å². The first-order chi connectivity index (χ1) is 38.2. The number of anilines is 3. The van der Waals surface area contributed by atoms with Crippen LogP contribution in [0.15, 0.2) is 283 Å². The van der Waals surface area contributed by atoms with Crippen LogP contribution in [0, 0.1) is 0 Å². The largest absolute Gasteiger partial charge is 0.456 e. The van der Waals surface area contributed by atoms with Gasteiger partial charge in [0.05, 0.1) is 33.2 Å². The Morgan fingerprint density at radius 3 is 1.62 bits per heavy atom. The maximum Gasteiger partial charge on any atom is 0.136 e. The fourth-order valence-corrected chi connectivity index (χ4v) is 14.5. The fraction of sp³-hybridized carbons (Fsp3) is 0.0270. The number of aromatic nitrogens is 1. The Bertz CT molecular complexity index is 4710. The summed E-state index contributed by atoms with van der Waals surface area (Å²) in [6, 6.07) is 104. The van der Waals surface area contributed by atoms with Crippen molar-refractivity contribution in [1.82, 2.24) is 4.57 Å². The van der Waals surface area contributed by atoms with Gasteiger partial charge in [-0.05, 0) is 133 Å². The predicted octanol–water partition coefficient (Wildman–Crippen LogP) is 18.9. The summed E-state index contributed by atoms with van der Waals surface area (Å²) in [6.07, 6.45) is 0. The fourth-order valence-electron chi connectivity index (χ4n) is 14.5. The molecule has 3 nitrogen and oxygen atoms in total.